The van der Waals surface area contributed by atoms with Gasteiger partial charge in [-0.25, -0.2) is 0 Å². The van der Waals surface area contributed by atoms with Crippen molar-refractivity contribution in [2.24, 2.45) is 0 Å². The molecule has 19 heavy (non-hydrogen) atoms. The standard InChI is InChI=1S/C15H20N2O2/c1-4-17(3)10-14-12(2)15(16-19-14)18-11-13-8-6-5-7-9-13/h5-9H,4,10-11H2,1-3H3. The van der Waals surface area contributed by atoms with Crippen LogP contribution < -0.4 is 4.74 Å². The van der Waals surface area contributed by atoms with Gasteiger partial charge in [0.2, 0.25) is 0 Å². The average molecular weight is 260 g/mol. The van der Waals surface area contributed by atoms with E-state index >= 15 is 0 Å². The van der Waals surface area contributed by atoms with E-state index in [1.165, 1.54) is 0 Å². The van der Waals surface area contributed by atoms with Crippen LogP contribution in [0.2, 0.25) is 0 Å². The minimum Gasteiger partial charge on any atom is -0.470 e. The van der Waals surface area contributed by atoms with Crippen LogP contribution in [0.1, 0.15) is 23.8 Å². The number of hydrogen-bond acceptors (Lipinski definition) is 4. The Kier molecular flexibility index (Phi) is 4.58. The molecule has 102 valence electrons. The van der Waals surface area contributed by atoms with Crippen LogP contribution in [0.4, 0.5) is 0 Å². The summed E-state index contributed by atoms with van der Waals surface area (Å²) in [5, 5.41) is 3.99. The second-order valence-electron chi connectivity index (χ2n) is 4.64. The van der Waals surface area contributed by atoms with Crippen molar-refractivity contribution in [2.45, 2.75) is 27.0 Å². The lowest BCUT2D eigenvalue weighted by Gasteiger charge is -2.11. The monoisotopic (exact) mass is 260 g/mol. The van der Waals surface area contributed by atoms with E-state index in [0.29, 0.717) is 12.5 Å². The molecular formula is C15H20N2O2. The minimum absolute atomic E-state index is 0.511. The second-order valence-corrected chi connectivity index (χ2v) is 4.64. The molecule has 1 heterocycles. The highest BCUT2D eigenvalue weighted by Crippen LogP contribution is 2.22. The van der Waals surface area contributed by atoms with Gasteiger partial charge in [-0.3, -0.25) is 4.90 Å². The molecule has 0 saturated carbocycles. The van der Waals surface area contributed by atoms with Crippen molar-refractivity contribution in [1.82, 2.24) is 10.1 Å². The molecule has 0 saturated heterocycles. The fraction of sp³-hybridized carbons (Fsp3) is 0.400. The van der Waals surface area contributed by atoms with Crippen LogP contribution in [0, 0.1) is 6.92 Å². The molecule has 0 fully saturated rings. The van der Waals surface area contributed by atoms with Gasteiger partial charge in [0.05, 0.1) is 12.1 Å². The van der Waals surface area contributed by atoms with Crippen LogP contribution in [-0.4, -0.2) is 23.6 Å². The van der Waals surface area contributed by atoms with E-state index < -0.39 is 0 Å². The van der Waals surface area contributed by atoms with Gasteiger partial charge in [0.1, 0.15) is 6.61 Å². The molecule has 0 unspecified atom stereocenters. The highest BCUT2D eigenvalue weighted by Gasteiger charge is 2.14. The van der Waals surface area contributed by atoms with Gasteiger partial charge in [-0.2, -0.15) is 0 Å². The third-order valence-corrected chi connectivity index (χ3v) is 3.15. The molecule has 2 aromatic rings. The van der Waals surface area contributed by atoms with Gasteiger partial charge in [0, 0.05) is 0 Å². The molecule has 0 atom stereocenters. The third-order valence-electron chi connectivity index (χ3n) is 3.15. The van der Waals surface area contributed by atoms with Crippen LogP contribution in [-0.2, 0) is 13.2 Å². The van der Waals surface area contributed by atoms with Crippen molar-refractivity contribution >= 4 is 0 Å². The van der Waals surface area contributed by atoms with Crippen LogP contribution in [0.25, 0.3) is 0 Å². The summed E-state index contributed by atoms with van der Waals surface area (Å²) in [7, 11) is 2.05. The maximum absolute atomic E-state index is 5.70. The molecule has 1 aromatic carbocycles. The molecule has 0 aliphatic rings. The van der Waals surface area contributed by atoms with E-state index in [9.17, 15) is 0 Å². The summed E-state index contributed by atoms with van der Waals surface area (Å²) >= 11 is 0. The number of ether oxygens (including phenoxy) is 1. The third kappa shape index (κ3) is 3.58. The molecule has 4 nitrogen and oxygen atoms in total. The van der Waals surface area contributed by atoms with Crippen molar-refractivity contribution in [3.63, 3.8) is 0 Å². The Balaban J connectivity index is 1.98. The first-order valence-corrected chi connectivity index (χ1v) is 6.51. The lowest BCUT2D eigenvalue weighted by molar-refractivity contribution is 0.252. The topological polar surface area (TPSA) is 38.5 Å². The minimum atomic E-state index is 0.511. The average Bonchev–Trinajstić information content (AvgIpc) is 2.78. The SMILES string of the molecule is CCN(C)Cc1onc(OCc2ccccc2)c1C. The number of benzene rings is 1. The molecule has 0 aliphatic heterocycles. The smallest absolute Gasteiger partial charge is 0.257 e. The van der Waals surface area contributed by atoms with Crippen molar-refractivity contribution in [3.05, 3.63) is 47.2 Å². The fourth-order valence-corrected chi connectivity index (χ4v) is 1.72. The van der Waals surface area contributed by atoms with Gasteiger partial charge in [0.25, 0.3) is 5.88 Å². The van der Waals surface area contributed by atoms with Crippen LogP contribution in [0.3, 0.4) is 0 Å². The molecule has 0 amide bonds. The van der Waals surface area contributed by atoms with Crippen molar-refractivity contribution < 1.29 is 9.26 Å². The summed E-state index contributed by atoms with van der Waals surface area (Å²) in [5.41, 5.74) is 2.10. The highest BCUT2D eigenvalue weighted by atomic mass is 16.5. The van der Waals surface area contributed by atoms with Gasteiger partial charge < -0.3 is 9.26 Å². The summed E-state index contributed by atoms with van der Waals surface area (Å²) < 4.78 is 11.0. The Labute approximate surface area is 114 Å². The largest absolute Gasteiger partial charge is 0.470 e. The van der Waals surface area contributed by atoms with Gasteiger partial charge in [-0.15, -0.1) is 0 Å². The zero-order valence-electron chi connectivity index (χ0n) is 11.7. The van der Waals surface area contributed by atoms with E-state index in [4.69, 9.17) is 9.26 Å². The molecule has 4 heteroatoms. The Morgan fingerprint density at radius 3 is 2.68 bits per heavy atom. The maximum Gasteiger partial charge on any atom is 0.257 e. The maximum atomic E-state index is 5.70. The zero-order chi connectivity index (χ0) is 13.7. The first kappa shape index (κ1) is 13.6. The van der Waals surface area contributed by atoms with E-state index in [2.05, 4.69) is 17.0 Å². The van der Waals surface area contributed by atoms with E-state index in [0.717, 1.165) is 30.0 Å². The Morgan fingerprint density at radius 2 is 2.00 bits per heavy atom. The predicted octanol–water partition coefficient (Wildman–Crippen LogP) is 3.01. The van der Waals surface area contributed by atoms with Gasteiger partial charge in [0.15, 0.2) is 5.76 Å². The lowest BCUT2D eigenvalue weighted by atomic mass is 10.2. The van der Waals surface area contributed by atoms with E-state index in [-0.39, 0.29) is 0 Å². The number of rotatable bonds is 6. The van der Waals surface area contributed by atoms with Crippen molar-refractivity contribution in [2.75, 3.05) is 13.6 Å². The Morgan fingerprint density at radius 1 is 1.26 bits per heavy atom. The molecular weight excluding hydrogens is 240 g/mol. The summed E-state index contributed by atoms with van der Waals surface area (Å²) in [6.45, 7) is 6.33. The first-order chi connectivity index (χ1) is 9.20. The normalized spacial score (nSPS) is 10.9. The number of hydrogen-bond donors (Lipinski definition) is 0. The van der Waals surface area contributed by atoms with Gasteiger partial charge >= 0.3 is 0 Å². The lowest BCUT2D eigenvalue weighted by Crippen LogP contribution is -2.16. The highest BCUT2D eigenvalue weighted by molar-refractivity contribution is 5.27. The predicted molar refractivity (Wildman–Crippen MR) is 74.0 cm³/mol. The zero-order valence-corrected chi connectivity index (χ0v) is 11.7. The van der Waals surface area contributed by atoms with E-state index in [1.807, 2.05) is 44.3 Å². The van der Waals surface area contributed by atoms with Crippen molar-refractivity contribution in [3.8, 4) is 5.88 Å². The fourth-order valence-electron chi connectivity index (χ4n) is 1.72. The molecule has 1 aromatic heterocycles. The van der Waals surface area contributed by atoms with Gasteiger partial charge in [-0.1, -0.05) is 37.3 Å². The quantitative estimate of drug-likeness (QED) is 0.800. The molecule has 0 radical (unpaired) electrons. The summed E-state index contributed by atoms with van der Waals surface area (Å²) in [6, 6.07) is 10.0. The van der Waals surface area contributed by atoms with E-state index in [1.54, 1.807) is 0 Å². The Hall–Kier alpha value is -1.81. The van der Waals surface area contributed by atoms with Crippen LogP contribution in [0.5, 0.6) is 5.88 Å². The van der Waals surface area contributed by atoms with Crippen LogP contribution >= 0.6 is 0 Å². The van der Waals surface area contributed by atoms with Crippen LogP contribution in [0.15, 0.2) is 34.9 Å². The summed E-state index contributed by atoms with van der Waals surface area (Å²) in [5.74, 6) is 1.45. The number of nitrogens with zero attached hydrogens (tertiary/aromatic N) is 2. The number of aromatic nitrogens is 1. The molecule has 0 N–H and O–H groups in total. The first-order valence-electron chi connectivity index (χ1n) is 6.51. The van der Waals surface area contributed by atoms with Crippen molar-refractivity contribution in [1.29, 1.82) is 0 Å². The molecule has 2 rings (SSSR count). The molecule has 0 bridgehead atoms. The molecule has 0 aliphatic carbocycles. The Bertz CT molecular complexity index is 508. The summed E-state index contributed by atoms with van der Waals surface area (Å²) in [4.78, 5) is 2.16. The molecule has 0 spiro atoms. The van der Waals surface area contributed by atoms with Gasteiger partial charge in [-0.05, 0) is 31.2 Å². The summed E-state index contributed by atoms with van der Waals surface area (Å²) in [6.07, 6.45) is 0. The second kappa shape index (κ2) is 6.38.